The van der Waals surface area contributed by atoms with Gasteiger partial charge >= 0.3 is 79.6 Å². The van der Waals surface area contributed by atoms with Gasteiger partial charge in [0.15, 0.2) is 0 Å². The van der Waals surface area contributed by atoms with Crippen molar-refractivity contribution in [3.8, 4) is 0 Å². The van der Waals surface area contributed by atoms with Crippen molar-refractivity contribution in [1.29, 1.82) is 0 Å². The van der Waals surface area contributed by atoms with Crippen LogP contribution in [0.25, 0.3) is 0 Å². The molecular formula is C4H13Cr2NO7. The number of hydrogen-bond donors (Lipinski definition) is 1. The molecule has 0 aliphatic heterocycles. The SMILES string of the molecule is CC(C)(C)[O][Cr](=[O])(=[O])[O][Cr](=[O])(=[O])[O-].[NH4+]. The van der Waals surface area contributed by atoms with E-state index in [1.807, 2.05) is 0 Å². The van der Waals surface area contributed by atoms with Crippen LogP contribution in [0, 0.1) is 0 Å². The first-order chi connectivity index (χ1) is 5.41. The molecule has 4 N–H and O–H groups in total. The molecule has 10 heteroatoms. The summed E-state index contributed by atoms with van der Waals surface area (Å²) in [6.45, 7) is 4.14. The van der Waals surface area contributed by atoms with E-state index in [4.69, 9.17) is 0 Å². The molecule has 0 heterocycles. The first kappa shape index (κ1) is 16.5. The van der Waals surface area contributed by atoms with E-state index in [1.54, 1.807) is 0 Å². The molecule has 0 aliphatic carbocycles. The van der Waals surface area contributed by atoms with E-state index in [-0.39, 0.29) is 6.15 Å². The second-order valence-electron chi connectivity index (χ2n) is 3.08. The van der Waals surface area contributed by atoms with Crippen LogP contribution >= 0.6 is 0 Å². The minimum atomic E-state index is -5.99. The third-order valence-electron chi connectivity index (χ3n) is 0.519. The summed E-state index contributed by atoms with van der Waals surface area (Å²) in [5.74, 6) is 0. The largest absolute Gasteiger partial charge is 0.369 e. The van der Waals surface area contributed by atoms with Gasteiger partial charge in [-0.3, -0.25) is 0 Å². The van der Waals surface area contributed by atoms with Crippen LogP contribution in [0.1, 0.15) is 20.8 Å². The maximum absolute atomic E-state index is 10.7. The molecule has 0 spiro atoms. The van der Waals surface area contributed by atoms with Crippen LogP contribution in [0.2, 0.25) is 0 Å². The summed E-state index contributed by atoms with van der Waals surface area (Å²) in [4.78, 5) is 0. The van der Waals surface area contributed by atoms with Gasteiger partial charge in [-0.1, -0.05) is 0 Å². The predicted octanol–water partition coefficient (Wildman–Crippen LogP) is -0.0956. The molecule has 0 rings (SSSR count). The van der Waals surface area contributed by atoms with Crippen LogP contribution in [0.15, 0.2) is 0 Å². The van der Waals surface area contributed by atoms with Crippen molar-refractivity contribution in [3.63, 3.8) is 0 Å². The van der Waals surface area contributed by atoms with E-state index < -0.39 is 32.8 Å². The molecule has 0 saturated heterocycles. The van der Waals surface area contributed by atoms with Gasteiger partial charge in [0.1, 0.15) is 0 Å². The number of quaternary nitrogens is 1. The molecule has 0 aromatic rings. The Kier molecular flexibility index (Phi) is 5.61. The van der Waals surface area contributed by atoms with Gasteiger partial charge in [0.05, 0.1) is 0 Å². The first-order valence-corrected chi connectivity index (χ1v) is 7.20. The Labute approximate surface area is 85.9 Å². The molecule has 8 nitrogen and oxygen atoms in total. The van der Waals surface area contributed by atoms with Crippen LogP contribution < -0.4 is 10.3 Å². The van der Waals surface area contributed by atoms with Crippen LogP contribution in [-0.4, -0.2) is 5.60 Å². The summed E-state index contributed by atoms with van der Waals surface area (Å²) in [7, 11) is 0. The summed E-state index contributed by atoms with van der Waals surface area (Å²) in [6.07, 6.45) is 0. The molecule has 0 saturated carbocycles. The number of rotatable bonds is 3. The quantitative estimate of drug-likeness (QED) is 0.763. The summed E-state index contributed by atoms with van der Waals surface area (Å²) in [6, 6.07) is 0. The van der Waals surface area contributed by atoms with E-state index >= 15 is 0 Å². The van der Waals surface area contributed by atoms with Gasteiger partial charge in [-0.2, -0.15) is 0 Å². The zero-order valence-electron chi connectivity index (χ0n) is 8.17. The third kappa shape index (κ3) is 10.2. The van der Waals surface area contributed by atoms with E-state index in [0.29, 0.717) is 0 Å². The van der Waals surface area contributed by atoms with Crippen molar-refractivity contribution in [1.82, 2.24) is 6.15 Å². The van der Waals surface area contributed by atoms with Gasteiger partial charge in [-0.15, -0.1) is 0 Å². The van der Waals surface area contributed by atoms with E-state index in [9.17, 15) is 19.4 Å². The van der Waals surface area contributed by atoms with Gasteiger partial charge in [-0.25, -0.2) is 0 Å². The third-order valence-corrected chi connectivity index (χ3v) is 4.28. The van der Waals surface area contributed by atoms with E-state index in [1.165, 1.54) is 20.8 Å². The van der Waals surface area contributed by atoms with Crippen molar-refractivity contribution in [3.05, 3.63) is 0 Å². The maximum Gasteiger partial charge on any atom is -0.369 e. The molecule has 0 amide bonds. The van der Waals surface area contributed by atoms with Crippen molar-refractivity contribution in [2.24, 2.45) is 0 Å². The van der Waals surface area contributed by atoms with E-state index in [0.717, 1.165) is 0 Å². The molecular weight excluding hydrogens is 278 g/mol. The molecule has 0 radical (unpaired) electrons. The Hall–Kier alpha value is 0.105. The zero-order chi connectivity index (χ0) is 10.9. The Morgan fingerprint density at radius 2 is 1.43 bits per heavy atom. The molecule has 0 bridgehead atoms. The number of hydrogen-bond acceptors (Lipinski definition) is 7. The van der Waals surface area contributed by atoms with Crippen LogP contribution in [-0.2, 0) is 49.1 Å². The van der Waals surface area contributed by atoms with Crippen molar-refractivity contribution in [2.75, 3.05) is 0 Å². The monoisotopic (exact) mass is 291 g/mol. The minimum Gasteiger partial charge on any atom is -0.369 e. The van der Waals surface area contributed by atoms with Crippen molar-refractivity contribution >= 4 is 0 Å². The molecule has 14 heavy (non-hydrogen) atoms. The van der Waals surface area contributed by atoms with E-state index in [2.05, 4.69) is 6.63 Å². The van der Waals surface area contributed by atoms with Gasteiger partial charge < -0.3 is 6.15 Å². The Balaban J connectivity index is 0. The molecule has 0 aromatic heterocycles. The smallest absolute Gasteiger partial charge is 0.369 e. The summed E-state index contributed by atoms with van der Waals surface area (Å²) >= 11 is -11.5. The molecule has 0 unspecified atom stereocenters. The average molecular weight is 291 g/mol. The van der Waals surface area contributed by atoms with Crippen LogP contribution in [0.3, 0.4) is 0 Å². The molecule has 0 aliphatic rings. The standard InChI is InChI=1S/C4H9O.2Cr.H3N.6O/c1-4(2,3)5;;;;;;;;;/h1-3H3;;;1H3;;;;;;/q-1;;+1;;;;;;;-1/p+1. The van der Waals surface area contributed by atoms with Crippen LogP contribution in [0.4, 0.5) is 0 Å². The zero-order valence-corrected chi connectivity index (χ0v) is 10.7. The summed E-state index contributed by atoms with van der Waals surface area (Å²) in [5, 5.41) is 0. The Morgan fingerprint density at radius 3 is 1.64 bits per heavy atom. The fraction of sp³-hybridized carbons (Fsp3) is 1.00. The average Bonchev–Trinajstić information content (AvgIpc) is 1.43. The van der Waals surface area contributed by atoms with Gasteiger partial charge in [0.25, 0.3) is 0 Å². The van der Waals surface area contributed by atoms with Crippen molar-refractivity contribution < 1.29 is 53.2 Å². The Bertz CT molecular complexity index is 361. The predicted molar refractivity (Wildman–Crippen MR) is 30.7 cm³/mol. The van der Waals surface area contributed by atoms with Crippen LogP contribution in [0.5, 0.6) is 0 Å². The van der Waals surface area contributed by atoms with Gasteiger partial charge in [-0.05, 0) is 0 Å². The first-order valence-electron chi connectivity index (χ1n) is 3.04. The maximum atomic E-state index is 10.7. The fourth-order valence-electron chi connectivity index (χ4n) is 0.422. The normalized spacial score (nSPS) is 13.4. The second kappa shape index (κ2) is 4.75. The van der Waals surface area contributed by atoms with Gasteiger partial charge in [0, 0.05) is 0 Å². The molecule has 0 atom stereocenters. The molecule has 0 fully saturated rings. The molecule has 88 valence electrons. The minimum absolute atomic E-state index is 0. The topological polar surface area (TPSA) is 146 Å². The van der Waals surface area contributed by atoms with Crippen molar-refractivity contribution in [2.45, 2.75) is 26.4 Å². The Morgan fingerprint density at radius 1 is 1.07 bits per heavy atom. The van der Waals surface area contributed by atoms with Gasteiger partial charge in [0.2, 0.25) is 0 Å². The summed E-state index contributed by atoms with van der Waals surface area (Å²) in [5.41, 5.74) is -1.12. The second-order valence-corrected chi connectivity index (χ2v) is 6.98. The fourth-order valence-corrected chi connectivity index (χ4v) is 3.23. The molecule has 0 aromatic carbocycles. The summed E-state index contributed by atoms with van der Waals surface area (Å²) < 4.78 is 59.0.